The number of carbonyl (C=O) groups is 1. The molecule has 0 spiro atoms. The molecule has 0 aliphatic heterocycles. The van der Waals surface area contributed by atoms with Crippen molar-refractivity contribution in [3.05, 3.63) is 47.9 Å². The van der Waals surface area contributed by atoms with E-state index in [9.17, 15) is 22.4 Å². The Hall–Kier alpha value is -2.44. The van der Waals surface area contributed by atoms with Gasteiger partial charge in [-0.15, -0.1) is 0 Å². The smallest absolute Gasteiger partial charge is 0.326 e. The molecule has 2 aliphatic rings. The van der Waals surface area contributed by atoms with Crippen LogP contribution in [0.5, 0.6) is 0 Å². The molecule has 7 heteroatoms. The fourth-order valence-electron chi connectivity index (χ4n) is 3.69. The Morgan fingerprint density at radius 2 is 1.81 bits per heavy atom. The summed E-state index contributed by atoms with van der Waals surface area (Å²) in [5.74, 6) is 0.505. The highest BCUT2D eigenvalue weighted by Crippen LogP contribution is 2.49. The number of nitrogens with one attached hydrogen (secondary N) is 1. The number of halogens is 4. The average molecular weight is 378 g/mol. The van der Waals surface area contributed by atoms with Gasteiger partial charge < -0.3 is 5.32 Å². The SMILES string of the molecule is O=C(Nc1ccc(C(F)(F)F)c(-c2ccc(F)cn2)c1)C1CC(C2CC2)C1. The Balaban J connectivity index is 1.55. The monoisotopic (exact) mass is 378 g/mol. The van der Waals surface area contributed by atoms with Crippen LogP contribution in [0.2, 0.25) is 0 Å². The zero-order valence-corrected chi connectivity index (χ0v) is 14.4. The molecule has 1 aromatic carbocycles. The molecule has 2 fully saturated rings. The van der Waals surface area contributed by atoms with Gasteiger partial charge in [0.2, 0.25) is 5.91 Å². The summed E-state index contributed by atoms with van der Waals surface area (Å²) >= 11 is 0. The van der Waals surface area contributed by atoms with Gasteiger partial charge in [-0.2, -0.15) is 13.2 Å². The summed E-state index contributed by atoms with van der Waals surface area (Å²) < 4.78 is 53.1. The van der Waals surface area contributed by atoms with Crippen molar-refractivity contribution in [2.45, 2.75) is 31.9 Å². The second-order valence-corrected chi connectivity index (χ2v) is 7.37. The number of carbonyl (C=O) groups excluding carboxylic acids is 1. The first-order valence-corrected chi connectivity index (χ1v) is 8.95. The molecule has 1 aromatic heterocycles. The minimum atomic E-state index is -4.58. The number of nitrogens with zero attached hydrogens (tertiary/aromatic N) is 1. The summed E-state index contributed by atoms with van der Waals surface area (Å²) in [5.41, 5.74) is -0.789. The molecule has 0 bridgehead atoms. The van der Waals surface area contributed by atoms with E-state index >= 15 is 0 Å². The van der Waals surface area contributed by atoms with Crippen LogP contribution < -0.4 is 5.32 Å². The molecule has 27 heavy (non-hydrogen) atoms. The van der Waals surface area contributed by atoms with Gasteiger partial charge in [-0.25, -0.2) is 4.39 Å². The normalized spacial score (nSPS) is 22.2. The van der Waals surface area contributed by atoms with Gasteiger partial charge in [-0.1, -0.05) is 0 Å². The van der Waals surface area contributed by atoms with Crippen molar-refractivity contribution in [3.63, 3.8) is 0 Å². The van der Waals surface area contributed by atoms with Crippen molar-refractivity contribution in [1.29, 1.82) is 0 Å². The maximum absolute atomic E-state index is 13.3. The van der Waals surface area contributed by atoms with E-state index in [-0.39, 0.29) is 28.8 Å². The highest BCUT2D eigenvalue weighted by molar-refractivity contribution is 5.94. The number of hydrogen-bond acceptors (Lipinski definition) is 2. The van der Waals surface area contributed by atoms with E-state index in [1.165, 1.54) is 31.0 Å². The number of rotatable bonds is 4. The quantitative estimate of drug-likeness (QED) is 0.736. The zero-order valence-electron chi connectivity index (χ0n) is 14.4. The van der Waals surface area contributed by atoms with Crippen molar-refractivity contribution < 1.29 is 22.4 Å². The van der Waals surface area contributed by atoms with Gasteiger partial charge >= 0.3 is 6.18 Å². The Labute approximate surface area is 153 Å². The molecule has 0 radical (unpaired) electrons. The van der Waals surface area contributed by atoms with Crippen molar-refractivity contribution in [2.75, 3.05) is 5.32 Å². The van der Waals surface area contributed by atoms with Crippen molar-refractivity contribution in [3.8, 4) is 11.3 Å². The maximum atomic E-state index is 13.3. The lowest BCUT2D eigenvalue weighted by molar-refractivity contribution is -0.137. The summed E-state index contributed by atoms with van der Waals surface area (Å²) in [6.45, 7) is 0. The lowest BCUT2D eigenvalue weighted by atomic mass is 9.72. The first-order valence-electron chi connectivity index (χ1n) is 8.95. The van der Waals surface area contributed by atoms with Gasteiger partial charge in [0.15, 0.2) is 0 Å². The minimum absolute atomic E-state index is 0.00253. The fourth-order valence-corrected chi connectivity index (χ4v) is 3.69. The number of benzene rings is 1. The van der Waals surface area contributed by atoms with Crippen molar-refractivity contribution in [1.82, 2.24) is 4.98 Å². The van der Waals surface area contributed by atoms with Gasteiger partial charge in [-0.05, 0) is 67.9 Å². The highest BCUT2D eigenvalue weighted by Gasteiger charge is 2.43. The summed E-state index contributed by atoms with van der Waals surface area (Å²) in [4.78, 5) is 16.1. The Morgan fingerprint density at radius 3 is 2.41 bits per heavy atom. The molecule has 2 aliphatic carbocycles. The molecule has 1 amide bonds. The topological polar surface area (TPSA) is 42.0 Å². The second-order valence-electron chi connectivity index (χ2n) is 7.37. The number of pyridine rings is 1. The van der Waals surface area contributed by atoms with Crippen LogP contribution in [0.25, 0.3) is 11.3 Å². The largest absolute Gasteiger partial charge is 0.417 e. The standard InChI is InChI=1S/C20H18F4N2O/c21-14-3-6-18(25-10-14)16-9-15(4-5-17(16)20(22,23)24)26-19(27)13-7-12(8-13)11-1-2-11/h3-6,9-13H,1-2,7-8H2,(H,26,27). The fraction of sp³-hybridized carbons (Fsp3) is 0.400. The van der Waals surface area contributed by atoms with Gasteiger partial charge in [0, 0.05) is 17.2 Å². The molecule has 1 heterocycles. The molecule has 0 saturated heterocycles. The molecular weight excluding hydrogens is 360 g/mol. The van der Waals surface area contributed by atoms with E-state index in [0.29, 0.717) is 5.92 Å². The van der Waals surface area contributed by atoms with Crippen molar-refractivity contribution >= 4 is 11.6 Å². The van der Waals surface area contributed by atoms with Crippen LogP contribution in [0.15, 0.2) is 36.5 Å². The molecule has 0 atom stereocenters. The number of hydrogen-bond donors (Lipinski definition) is 1. The zero-order chi connectivity index (χ0) is 19.2. The second kappa shape index (κ2) is 6.62. The lowest BCUT2D eigenvalue weighted by Crippen LogP contribution is -2.35. The third kappa shape index (κ3) is 3.82. The first kappa shape index (κ1) is 17.9. The molecule has 4 rings (SSSR count). The number of aromatic nitrogens is 1. The lowest BCUT2D eigenvalue weighted by Gasteiger charge is -2.34. The van der Waals surface area contributed by atoms with E-state index in [1.54, 1.807) is 0 Å². The van der Waals surface area contributed by atoms with E-state index in [1.807, 2.05) is 0 Å². The average Bonchev–Trinajstić information content (AvgIpc) is 3.38. The molecule has 3 nitrogen and oxygen atoms in total. The third-order valence-corrected chi connectivity index (χ3v) is 5.43. The predicted molar refractivity (Wildman–Crippen MR) is 92.2 cm³/mol. The van der Waals surface area contributed by atoms with Gasteiger partial charge in [-0.3, -0.25) is 9.78 Å². The summed E-state index contributed by atoms with van der Waals surface area (Å²) in [6, 6.07) is 5.66. The van der Waals surface area contributed by atoms with Crippen LogP contribution in [0, 0.1) is 23.6 Å². The van der Waals surface area contributed by atoms with Crippen LogP contribution in [0.1, 0.15) is 31.2 Å². The Bertz CT molecular complexity index is 853. The maximum Gasteiger partial charge on any atom is 0.417 e. The molecule has 0 unspecified atom stereocenters. The van der Waals surface area contributed by atoms with E-state index in [2.05, 4.69) is 10.3 Å². The van der Waals surface area contributed by atoms with Gasteiger partial charge in [0.1, 0.15) is 5.82 Å². The Morgan fingerprint density at radius 1 is 1.07 bits per heavy atom. The van der Waals surface area contributed by atoms with Crippen LogP contribution in [0.4, 0.5) is 23.2 Å². The van der Waals surface area contributed by atoms with E-state index in [4.69, 9.17) is 0 Å². The van der Waals surface area contributed by atoms with E-state index < -0.39 is 17.6 Å². The van der Waals surface area contributed by atoms with E-state index in [0.717, 1.165) is 37.1 Å². The highest BCUT2D eigenvalue weighted by atomic mass is 19.4. The molecule has 142 valence electrons. The molecule has 2 aromatic rings. The van der Waals surface area contributed by atoms with Gasteiger partial charge in [0.05, 0.1) is 17.5 Å². The number of alkyl halides is 3. The summed E-state index contributed by atoms with van der Waals surface area (Å²) in [5, 5.41) is 2.72. The predicted octanol–water partition coefficient (Wildman–Crippen LogP) is 5.28. The van der Waals surface area contributed by atoms with Gasteiger partial charge in [0.25, 0.3) is 0 Å². The van der Waals surface area contributed by atoms with Crippen LogP contribution in [0.3, 0.4) is 0 Å². The minimum Gasteiger partial charge on any atom is -0.326 e. The van der Waals surface area contributed by atoms with Crippen molar-refractivity contribution in [2.24, 2.45) is 17.8 Å². The third-order valence-electron chi connectivity index (χ3n) is 5.43. The van der Waals surface area contributed by atoms with Crippen LogP contribution >= 0.6 is 0 Å². The van der Waals surface area contributed by atoms with Crippen LogP contribution in [-0.4, -0.2) is 10.9 Å². The first-order chi connectivity index (χ1) is 12.8. The number of anilines is 1. The summed E-state index contributed by atoms with van der Waals surface area (Å²) in [6.07, 6.45) is 0.470. The number of amides is 1. The summed E-state index contributed by atoms with van der Waals surface area (Å²) in [7, 11) is 0. The molecule has 1 N–H and O–H groups in total. The Kier molecular flexibility index (Phi) is 4.40. The van der Waals surface area contributed by atoms with Crippen LogP contribution in [-0.2, 0) is 11.0 Å². The molecule has 2 saturated carbocycles. The molecular formula is C20H18F4N2O.